The molecule has 0 N–H and O–H groups in total. The second-order valence-corrected chi connectivity index (χ2v) is 12.7. The Morgan fingerprint density at radius 2 is 1.08 bits per heavy atom. The molecule has 0 spiro atoms. The summed E-state index contributed by atoms with van der Waals surface area (Å²) in [6.07, 6.45) is 0.450. The van der Waals surface area contributed by atoms with Gasteiger partial charge in [-0.05, 0) is 96.6 Å². The van der Waals surface area contributed by atoms with E-state index in [1.807, 2.05) is 62.4 Å². The van der Waals surface area contributed by atoms with E-state index >= 15 is 0 Å². The molecular weight excluding hydrogens is 599 g/mol. The number of carbonyl (C=O) groups is 2. The monoisotopic (exact) mass is 630 g/mol. The van der Waals surface area contributed by atoms with Gasteiger partial charge in [-0.25, -0.2) is 14.0 Å². The van der Waals surface area contributed by atoms with Crippen molar-refractivity contribution in [3.05, 3.63) is 200 Å². The summed E-state index contributed by atoms with van der Waals surface area (Å²) in [6.45, 7) is 3.93. The summed E-state index contributed by atoms with van der Waals surface area (Å²) < 4.78 is 26.8. The minimum atomic E-state index is -0.857. The summed E-state index contributed by atoms with van der Waals surface area (Å²) >= 11 is 0. The maximum absolute atomic E-state index is 14.2. The number of carbonyl (C=O) groups excluding carboxylic acids is 2. The second kappa shape index (κ2) is 11.5. The van der Waals surface area contributed by atoms with Gasteiger partial charge in [0.1, 0.15) is 17.3 Å². The standard InChI is InChI=1S/C43H31FO4/c1-26-11-17-29(18-12-26)41(45)47-36-23-24-37(48-42(46)30-19-13-27(2)14-20-30)40-39(36)38-32-7-3-5-9-34(32)43(40,35-10-6-4-8-33(35)38)25-28-15-21-31(44)22-16-28/h3-24,38H,25H2,1-2H3. The van der Waals surface area contributed by atoms with Crippen LogP contribution in [0.15, 0.2) is 133 Å². The van der Waals surface area contributed by atoms with Crippen LogP contribution in [0.25, 0.3) is 0 Å². The fourth-order valence-corrected chi connectivity index (χ4v) is 7.53. The van der Waals surface area contributed by atoms with E-state index in [1.54, 1.807) is 48.5 Å². The molecule has 0 aliphatic heterocycles. The number of ether oxygens (including phenoxy) is 2. The molecule has 0 aromatic heterocycles. The third-order valence-electron chi connectivity index (χ3n) is 9.71. The largest absolute Gasteiger partial charge is 0.423 e. The Kier molecular flexibility index (Phi) is 7.06. The van der Waals surface area contributed by atoms with Crippen molar-refractivity contribution in [2.24, 2.45) is 0 Å². The molecule has 0 atom stereocenters. The van der Waals surface area contributed by atoms with Crippen molar-refractivity contribution in [3.63, 3.8) is 0 Å². The lowest BCUT2D eigenvalue weighted by atomic mass is 9.51. The molecule has 9 rings (SSSR count). The van der Waals surface area contributed by atoms with Crippen LogP contribution >= 0.6 is 0 Å². The maximum Gasteiger partial charge on any atom is 0.343 e. The van der Waals surface area contributed by atoms with Crippen molar-refractivity contribution >= 4 is 11.9 Å². The van der Waals surface area contributed by atoms with E-state index in [2.05, 4.69) is 24.3 Å². The summed E-state index contributed by atoms with van der Waals surface area (Å²) in [5.41, 5.74) is 8.85. The predicted octanol–water partition coefficient (Wildman–Crippen LogP) is 9.27. The van der Waals surface area contributed by atoms with Crippen LogP contribution in [0.4, 0.5) is 4.39 Å². The molecule has 0 unspecified atom stereocenters. The van der Waals surface area contributed by atoms with Crippen LogP contribution in [0, 0.1) is 19.7 Å². The van der Waals surface area contributed by atoms with Gasteiger partial charge in [0.15, 0.2) is 0 Å². The van der Waals surface area contributed by atoms with Crippen LogP contribution in [-0.2, 0) is 11.8 Å². The predicted molar refractivity (Wildman–Crippen MR) is 183 cm³/mol. The highest BCUT2D eigenvalue weighted by Gasteiger charge is 2.54. The van der Waals surface area contributed by atoms with Crippen molar-refractivity contribution in [1.82, 2.24) is 0 Å². The summed E-state index contributed by atoms with van der Waals surface area (Å²) in [5, 5.41) is 0. The van der Waals surface area contributed by atoms with Crippen molar-refractivity contribution in [2.75, 3.05) is 0 Å². The van der Waals surface area contributed by atoms with Crippen LogP contribution in [0.3, 0.4) is 0 Å². The van der Waals surface area contributed by atoms with E-state index in [-0.39, 0.29) is 11.7 Å². The molecule has 2 bridgehead atoms. The van der Waals surface area contributed by atoms with E-state index in [1.165, 1.54) is 12.1 Å². The van der Waals surface area contributed by atoms with Crippen molar-refractivity contribution in [1.29, 1.82) is 0 Å². The molecule has 0 radical (unpaired) electrons. The minimum absolute atomic E-state index is 0.290. The highest BCUT2D eigenvalue weighted by molar-refractivity contribution is 5.93. The van der Waals surface area contributed by atoms with Crippen molar-refractivity contribution in [3.8, 4) is 11.5 Å². The number of hydrogen-bond acceptors (Lipinski definition) is 4. The van der Waals surface area contributed by atoms with Gasteiger partial charge in [0.25, 0.3) is 0 Å². The lowest BCUT2D eigenvalue weighted by Crippen LogP contribution is -2.44. The van der Waals surface area contributed by atoms with Crippen LogP contribution in [-0.4, -0.2) is 11.9 Å². The molecule has 5 heteroatoms. The third-order valence-corrected chi connectivity index (χ3v) is 9.71. The highest BCUT2D eigenvalue weighted by atomic mass is 19.1. The van der Waals surface area contributed by atoms with Crippen LogP contribution in [0.2, 0.25) is 0 Å². The fourth-order valence-electron chi connectivity index (χ4n) is 7.53. The van der Waals surface area contributed by atoms with E-state index in [9.17, 15) is 14.0 Å². The first-order valence-electron chi connectivity index (χ1n) is 16.0. The Labute approximate surface area is 278 Å². The van der Waals surface area contributed by atoms with Crippen LogP contribution in [0.5, 0.6) is 11.5 Å². The molecule has 0 saturated carbocycles. The number of benzene rings is 6. The number of hydrogen-bond donors (Lipinski definition) is 0. The molecule has 3 aliphatic carbocycles. The van der Waals surface area contributed by atoms with Gasteiger partial charge < -0.3 is 9.47 Å². The van der Waals surface area contributed by atoms with Crippen LogP contribution < -0.4 is 9.47 Å². The zero-order valence-corrected chi connectivity index (χ0v) is 26.5. The zero-order valence-electron chi connectivity index (χ0n) is 26.5. The van der Waals surface area contributed by atoms with Gasteiger partial charge in [-0.1, -0.05) is 96.1 Å². The van der Waals surface area contributed by atoms with E-state index in [0.717, 1.165) is 50.1 Å². The van der Waals surface area contributed by atoms with Gasteiger partial charge in [-0.15, -0.1) is 0 Å². The average molecular weight is 631 g/mol. The third kappa shape index (κ3) is 4.73. The molecule has 48 heavy (non-hydrogen) atoms. The quantitative estimate of drug-likeness (QED) is 0.136. The second-order valence-electron chi connectivity index (χ2n) is 12.7. The maximum atomic E-state index is 14.2. The Bertz CT molecular complexity index is 2170. The van der Waals surface area contributed by atoms with Gasteiger partial charge in [0.2, 0.25) is 0 Å². The summed E-state index contributed by atoms with van der Waals surface area (Å²) in [7, 11) is 0. The summed E-state index contributed by atoms with van der Waals surface area (Å²) in [4.78, 5) is 27.4. The molecule has 0 amide bonds. The number of halogens is 1. The summed E-state index contributed by atoms with van der Waals surface area (Å²) in [6, 6.07) is 41.1. The number of esters is 2. The molecule has 0 fully saturated rings. The van der Waals surface area contributed by atoms with Gasteiger partial charge in [0, 0.05) is 17.0 Å². The molecule has 234 valence electrons. The van der Waals surface area contributed by atoms with E-state index in [4.69, 9.17) is 9.47 Å². The van der Waals surface area contributed by atoms with E-state index in [0.29, 0.717) is 29.0 Å². The SMILES string of the molecule is Cc1ccc(C(=O)Oc2ccc(OC(=O)c3ccc(C)cc3)c3c2C2c4ccccc4C3(Cc3ccc(F)cc3)c3ccccc32)cc1. The first-order valence-corrected chi connectivity index (χ1v) is 16.0. The summed E-state index contributed by atoms with van der Waals surface area (Å²) in [5.74, 6) is -0.770. The lowest BCUT2D eigenvalue weighted by molar-refractivity contribution is 0.0714. The molecule has 6 aromatic carbocycles. The normalized spacial score (nSPS) is 16.8. The topological polar surface area (TPSA) is 52.6 Å². The Morgan fingerprint density at radius 3 is 1.62 bits per heavy atom. The molecule has 0 saturated heterocycles. The fraction of sp³-hybridized carbons (Fsp3) is 0.116. The highest BCUT2D eigenvalue weighted by Crippen LogP contribution is 2.64. The molecular formula is C43H31FO4. The Morgan fingerprint density at radius 1 is 0.604 bits per heavy atom. The molecule has 0 heterocycles. The molecule has 3 aliphatic rings. The van der Waals surface area contributed by atoms with Crippen LogP contribution in [0.1, 0.15) is 76.7 Å². The first kappa shape index (κ1) is 29.6. The Hall–Kier alpha value is -5.81. The Balaban J connectivity index is 1.39. The smallest absolute Gasteiger partial charge is 0.343 e. The van der Waals surface area contributed by atoms with E-state index < -0.39 is 17.4 Å². The first-order chi connectivity index (χ1) is 23.3. The molecule has 6 aromatic rings. The van der Waals surface area contributed by atoms with Crippen molar-refractivity contribution < 1.29 is 23.5 Å². The van der Waals surface area contributed by atoms with Gasteiger partial charge >= 0.3 is 11.9 Å². The number of aryl methyl sites for hydroxylation is 2. The number of rotatable bonds is 6. The van der Waals surface area contributed by atoms with Gasteiger partial charge in [-0.3, -0.25) is 0 Å². The minimum Gasteiger partial charge on any atom is -0.423 e. The zero-order chi connectivity index (χ0) is 33.0. The molecule has 4 nitrogen and oxygen atoms in total. The van der Waals surface area contributed by atoms with Gasteiger partial charge in [0.05, 0.1) is 16.5 Å². The van der Waals surface area contributed by atoms with Crippen molar-refractivity contribution in [2.45, 2.75) is 31.6 Å². The lowest BCUT2D eigenvalue weighted by Gasteiger charge is -2.51. The average Bonchev–Trinajstić information content (AvgIpc) is 3.11. The van der Waals surface area contributed by atoms with Gasteiger partial charge in [-0.2, -0.15) is 0 Å².